The highest BCUT2D eigenvalue weighted by Crippen LogP contribution is 2.46. The number of aromatic nitrogens is 2. The van der Waals surface area contributed by atoms with Gasteiger partial charge in [-0.3, -0.25) is 9.59 Å². The number of ketones is 1. The number of ether oxygens (including phenoxy) is 1. The lowest BCUT2D eigenvalue weighted by atomic mass is 9.77. The fourth-order valence-corrected chi connectivity index (χ4v) is 6.26. The lowest BCUT2D eigenvalue weighted by Gasteiger charge is -2.32. The van der Waals surface area contributed by atoms with Crippen molar-refractivity contribution in [2.45, 2.75) is 64.2 Å². The number of benzene rings is 1. The first-order valence-electron chi connectivity index (χ1n) is 12.2. The van der Waals surface area contributed by atoms with Gasteiger partial charge in [0.05, 0.1) is 42.8 Å². The highest BCUT2D eigenvalue weighted by molar-refractivity contribution is 5.94. The largest absolute Gasteiger partial charge is 0.394 e. The van der Waals surface area contributed by atoms with Crippen molar-refractivity contribution in [2.75, 3.05) is 13.2 Å². The lowest BCUT2D eigenvalue weighted by Crippen LogP contribution is -2.43. The van der Waals surface area contributed by atoms with Crippen molar-refractivity contribution in [1.82, 2.24) is 9.55 Å². The molecule has 0 spiro atoms. The Morgan fingerprint density at radius 2 is 2.00 bits per heavy atom. The van der Waals surface area contributed by atoms with Crippen molar-refractivity contribution in [2.24, 2.45) is 0 Å². The summed E-state index contributed by atoms with van der Waals surface area (Å²) in [6.07, 6.45) is 1.56. The van der Waals surface area contributed by atoms with E-state index in [1.807, 2.05) is 0 Å². The van der Waals surface area contributed by atoms with Gasteiger partial charge in [-0.05, 0) is 55.4 Å². The number of carbonyl (C=O) groups is 1. The monoisotopic (exact) mass is 478 g/mol. The van der Waals surface area contributed by atoms with E-state index >= 15 is 0 Å². The third-order valence-corrected chi connectivity index (χ3v) is 8.11. The molecule has 3 heterocycles. The predicted molar refractivity (Wildman–Crippen MR) is 127 cm³/mol. The van der Waals surface area contributed by atoms with E-state index in [2.05, 4.69) is 0 Å². The highest BCUT2D eigenvalue weighted by Gasteiger charge is 2.43. The van der Waals surface area contributed by atoms with Crippen LogP contribution in [-0.2, 0) is 34.5 Å². The zero-order valence-electron chi connectivity index (χ0n) is 19.8. The molecule has 0 saturated carbocycles. The molecule has 0 radical (unpaired) electrons. The van der Waals surface area contributed by atoms with Gasteiger partial charge in [-0.25, -0.2) is 9.37 Å². The topological polar surface area (TPSA) is 102 Å². The van der Waals surface area contributed by atoms with E-state index in [-0.39, 0.29) is 49.3 Å². The van der Waals surface area contributed by atoms with Crippen LogP contribution in [-0.4, -0.2) is 38.8 Å². The number of aliphatic hydroxyl groups excluding tert-OH is 1. The van der Waals surface area contributed by atoms with Crippen LogP contribution in [0.4, 0.5) is 4.39 Å². The Labute approximate surface area is 201 Å². The Morgan fingerprint density at radius 1 is 1.20 bits per heavy atom. The first-order chi connectivity index (χ1) is 16.8. The molecule has 0 unspecified atom stereocenters. The van der Waals surface area contributed by atoms with Crippen LogP contribution in [0.1, 0.15) is 65.7 Å². The van der Waals surface area contributed by atoms with Gasteiger partial charge < -0.3 is 19.5 Å². The van der Waals surface area contributed by atoms with Crippen LogP contribution in [0.3, 0.4) is 0 Å². The lowest BCUT2D eigenvalue weighted by molar-refractivity contribution is -0.140. The Hall–Kier alpha value is -2.94. The molecule has 2 N–H and O–H groups in total. The van der Waals surface area contributed by atoms with E-state index in [0.717, 1.165) is 22.1 Å². The zero-order chi connectivity index (χ0) is 24.6. The number of aryl methyl sites for hydroxylation is 1. The fraction of sp³-hybridized carbons (Fsp3) is 0.444. The van der Waals surface area contributed by atoms with Gasteiger partial charge in [-0.15, -0.1) is 0 Å². The van der Waals surface area contributed by atoms with Gasteiger partial charge in [0.2, 0.25) is 0 Å². The summed E-state index contributed by atoms with van der Waals surface area (Å²) in [6, 6.07) is 3.16. The van der Waals surface area contributed by atoms with Crippen LogP contribution < -0.4 is 5.56 Å². The molecule has 0 saturated heterocycles. The van der Waals surface area contributed by atoms with Gasteiger partial charge in [0, 0.05) is 34.6 Å². The van der Waals surface area contributed by atoms with Crippen LogP contribution in [0.5, 0.6) is 0 Å². The Balaban J connectivity index is 1.66. The quantitative estimate of drug-likeness (QED) is 0.468. The summed E-state index contributed by atoms with van der Waals surface area (Å²) in [6.45, 7) is 3.86. The van der Waals surface area contributed by atoms with Gasteiger partial charge in [0.15, 0.2) is 5.78 Å². The maximum Gasteiger partial charge on any atom is 0.254 e. The average Bonchev–Trinajstić information content (AvgIpc) is 3.22. The number of carbonyl (C=O) groups excluding carboxylic acids is 1. The van der Waals surface area contributed by atoms with E-state index < -0.39 is 5.60 Å². The first-order valence-corrected chi connectivity index (χ1v) is 12.2. The summed E-state index contributed by atoms with van der Waals surface area (Å²) >= 11 is 0. The molecular formula is C27H27FN2O5. The van der Waals surface area contributed by atoms with Gasteiger partial charge in [-0.2, -0.15) is 0 Å². The van der Waals surface area contributed by atoms with Crippen molar-refractivity contribution < 1.29 is 24.1 Å². The van der Waals surface area contributed by atoms with Crippen LogP contribution in [0, 0.1) is 12.7 Å². The molecule has 7 nitrogen and oxygen atoms in total. The molecule has 35 heavy (non-hydrogen) atoms. The second-order valence-corrected chi connectivity index (χ2v) is 9.78. The predicted octanol–water partition coefficient (Wildman–Crippen LogP) is 2.98. The maximum atomic E-state index is 14.8. The van der Waals surface area contributed by atoms with Crippen LogP contribution in [0.15, 0.2) is 16.9 Å². The van der Waals surface area contributed by atoms with Gasteiger partial charge in [-0.1, -0.05) is 6.92 Å². The van der Waals surface area contributed by atoms with Crippen LogP contribution in [0.25, 0.3) is 22.3 Å². The third kappa shape index (κ3) is 2.96. The number of aliphatic hydroxyl groups is 2. The van der Waals surface area contributed by atoms with E-state index in [0.29, 0.717) is 59.4 Å². The molecule has 3 aliphatic rings. The van der Waals surface area contributed by atoms with Crippen LogP contribution >= 0.6 is 0 Å². The molecule has 6 rings (SSSR count). The number of hydrogen-bond donors (Lipinski definition) is 2. The summed E-state index contributed by atoms with van der Waals surface area (Å²) in [5.74, 6) is -0.608. The number of fused-ring (bicyclic) bond motifs is 5. The molecule has 8 heteroatoms. The Morgan fingerprint density at radius 3 is 2.74 bits per heavy atom. The molecule has 3 aromatic rings. The molecule has 1 aliphatic heterocycles. The molecule has 2 atom stereocenters. The standard InChI is InChI=1S/C27H27FN2O5/c1-3-27(34)17-10-20-25-16(12-30(20)26(33)15(17)5-7-22(27)32)24-21(35-9-8-31)6-4-14-13(2)18(28)11-19(29-25)23(14)24/h10-11,21,31,34H,3-9,12H2,1-2H3/t21-,27-/m0/s1. The molecule has 182 valence electrons. The second-order valence-electron chi connectivity index (χ2n) is 9.78. The normalized spacial score (nSPS) is 22.3. The van der Waals surface area contributed by atoms with E-state index in [4.69, 9.17) is 9.72 Å². The van der Waals surface area contributed by atoms with E-state index in [9.17, 15) is 24.2 Å². The molecular weight excluding hydrogens is 451 g/mol. The summed E-state index contributed by atoms with van der Waals surface area (Å²) in [5, 5.41) is 21.5. The number of rotatable bonds is 4. The molecule has 1 aromatic carbocycles. The van der Waals surface area contributed by atoms with Crippen molar-refractivity contribution in [3.05, 3.63) is 61.7 Å². The summed E-state index contributed by atoms with van der Waals surface area (Å²) in [7, 11) is 0. The van der Waals surface area contributed by atoms with Gasteiger partial charge in [0.1, 0.15) is 11.4 Å². The van der Waals surface area contributed by atoms with Crippen molar-refractivity contribution in [3.63, 3.8) is 0 Å². The Bertz CT molecular complexity index is 1490. The highest BCUT2D eigenvalue weighted by atomic mass is 19.1. The van der Waals surface area contributed by atoms with E-state index in [1.165, 1.54) is 6.07 Å². The second kappa shape index (κ2) is 7.78. The molecule has 2 aliphatic carbocycles. The summed E-state index contributed by atoms with van der Waals surface area (Å²) in [5.41, 5.74) is 3.72. The number of nitrogens with zero attached hydrogens (tertiary/aromatic N) is 2. The number of hydrogen-bond acceptors (Lipinski definition) is 6. The first kappa shape index (κ1) is 22.5. The third-order valence-electron chi connectivity index (χ3n) is 8.11. The SMILES string of the molecule is CC[C@@]1(O)C(=O)CCc2c1cc1n(c2=O)Cc2c-1nc1cc(F)c(C)c3c1c2[C@@H](OCCO)CC3. The van der Waals surface area contributed by atoms with Crippen molar-refractivity contribution in [1.29, 1.82) is 0 Å². The minimum atomic E-state index is -1.70. The van der Waals surface area contributed by atoms with Crippen molar-refractivity contribution in [3.8, 4) is 11.4 Å². The Kier molecular flexibility index (Phi) is 5.01. The van der Waals surface area contributed by atoms with E-state index in [1.54, 1.807) is 24.5 Å². The molecule has 2 aromatic heterocycles. The van der Waals surface area contributed by atoms with Crippen molar-refractivity contribution >= 4 is 16.7 Å². The molecule has 0 bridgehead atoms. The maximum absolute atomic E-state index is 14.8. The minimum absolute atomic E-state index is 0.113. The summed E-state index contributed by atoms with van der Waals surface area (Å²) < 4.78 is 22.5. The van der Waals surface area contributed by atoms with Gasteiger partial charge in [0.25, 0.3) is 5.56 Å². The average molecular weight is 479 g/mol. The van der Waals surface area contributed by atoms with Gasteiger partial charge >= 0.3 is 0 Å². The summed E-state index contributed by atoms with van der Waals surface area (Å²) in [4.78, 5) is 31.1. The zero-order valence-corrected chi connectivity index (χ0v) is 19.8. The number of Topliss-reactive ketones (excluding diaryl/α,β-unsaturated/α-hetero) is 1. The fourth-order valence-electron chi connectivity index (χ4n) is 6.26. The smallest absolute Gasteiger partial charge is 0.254 e. The molecule has 0 fully saturated rings. The minimum Gasteiger partial charge on any atom is -0.394 e. The van der Waals surface area contributed by atoms with Crippen LogP contribution in [0.2, 0.25) is 0 Å². The number of pyridine rings is 2. The number of halogens is 1. The molecule has 0 amide bonds.